The molecule has 2 aromatic rings. The van der Waals surface area contributed by atoms with Crippen LogP contribution in [-0.4, -0.2) is 51.0 Å². The molecule has 0 bridgehead atoms. The predicted molar refractivity (Wildman–Crippen MR) is 86.6 cm³/mol. The lowest BCUT2D eigenvalue weighted by Crippen LogP contribution is -2.40. The second-order valence-corrected chi connectivity index (χ2v) is 6.14. The Morgan fingerprint density at radius 3 is 3.04 bits per heavy atom. The number of halogens is 1. The van der Waals surface area contributed by atoms with Gasteiger partial charge >= 0.3 is 0 Å². The highest BCUT2D eigenvalue weighted by Gasteiger charge is 2.27. The van der Waals surface area contributed by atoms with Crippen molar-refractivity contribution in [3.8, 4) is 0 Å². The summed E-state index contributed by atoms with van der Waals surface area (Å²) in [6, 6.07) is 6.67. The van der Waals surface area contributed by atoms with E-state index >= 15 is 0 Å². The summed E-state index contributed by atoms with van der Waals surface area (Å²) in [6.07, 6.45) is 4.13. The first-order valence-electron chi connectivity index (χ1n) is 8.32. The Kier molecular flexibility index (Phi) is 5.90. The number of nitrogens with zero attached hydrogens (tertiary/aromatic N) is 3. The second kappa shape index (κ2) is 8.32. The lowest BCUT2D eigenvalue weighted by molar-refractivity contribution is -0.00524. The van der Waals surface area contributed by atoms with E-state index in [-0.39, 0.29) is 25.1 Å². The van der Waals surface area contributed by atoms with Gasteiger partial charge in [-0.3, -0.25) is 10.00 Å². The van der Waals surface area contributed by atoms with Crippen molar-refractivity contribution in [3.05, 3.63) is 47.8 Å². The fraction of sp³-hybridized carbons (Fsp3) is 0.529. The summed E-state index contributed by atoms with van der Waals surface area (Å²) in [7, 11) is 0. The Balaban J connectivity index is 1.48. The largest absolute Gasteiger partial charge is 0.389 e. The molecule has 130 valence electrons. The number of nitrogens with one attached hydrogen (secondary N) is 1. The molecule has 7 heteroatoms. The third-order valence-corrected chi connectivity index (χ3v) is 4.33. The molecular weight excluding hydrogens is 311 g/mol. The molecule has 6 nitrogen and oxygen atoms in total. The Morgan fingerprint density at radius 1 is 1.38 bits per heavy atom. The van der Waals surface area contributed by atoms with Crippen LogP contribution >= 0.6 is 0 Å². The Bertz CT molecular complexity index is 623. The number of rotatable bonds is 7. The number of piperidine rings is 1. The molecule has 1 aromatic carbocycles. The van der Waals surface area contributed by atoms with Crippen molar-refractivity contribution in [2.24, 2.45) is 0 Å². The monoisotopic (exact) mass is 334 g/mol. The molecule has 2 heterocycles. The first-order chi connectivity index (χ1) is 11.7. The van der Waals surface area contributed by atoms with Gasteiger partial charge < -0.3 is 9.84 Å². The average molecular weight is 334 g/mol. The van der Waals surface area contributed by atoms with Crippen LogP contribution < -0.4 is 0 Å². The molecule has 1 aliphatic rings. The SMILES string of the molecule is OC(COCc1ccccc1F)CN1CCCCC1c1ncn[nH]1. The highest BCUT2D eigenvalue weighted by molar-refractivity contribution is 5.16. The molecule has 0 aliphatic carbocycles. The number of aliphatic hydroxyl groups excluding tert-OH is 1. The molecule has 0 spiro atoms. The van der Waals surface area contributed by atoms with Gasteiger partial charge in [0.1, 0.15) is 18.0 Å². The van der Waals surface area contributed by atoms with Crippen LogP contribution in [0.5, 0.6) is 0 Å². The molecule has 24 heavy (non-hydrogen) atoms. The number of ether oxygens (including phenoxy) is 1. The highest BCUT2D eigenvalue weighted by atomic mass is 19.1. The van der Waals surface area contributed by atoms with E-state index in [1.54, 1.807) is 18.2 Å². The fourth-order valence-electron chi connectivity index (χ4n) is 3.14. The lowest BCUT2D eigenvalue weighted by atomic mass is 10.0. The summed E-state index contributed by atoms with van der Waals surface area (Å²) in [5.74, 6) is 0.558. The summed E-state index contributed by atoms with van der Waals surface area (Å²) < 4.78 is 19.0. The minimum atomic E-state index is -0.625. The number of β-amino-alcohol motifs (C(OH)–C–C–N with tert-alkyl or cyclic N) is 1. The van der Waals surface area contributed by atoms with Gasteiger partial charge in [-0.05, 0) is 25.5 Å². The Morgan fingerprint density at radius 2 is 2.25 bits per heavy atom. The van der Waals surface area contributed by atoms with Crippen LogP contribution in [0.1, 0.15) is 36.7 Å². The summed E-state index contributed by atoms with van der Waals surface area (Å²) in [5.41, 5.74) is 0.502. The lowest BCUT2D eigenvalue weighted by Gasteiger charge is -2.35. The van der Waals surface area contributed by atoms with Gasteiger partial charge in [-0.2, -0.15) is 5.10 Å². The molecule has 2 N–H and O–H groups in total. The molecule has 0 radical (unpaired) electrons. The van der Waals surface area contributed by atoms with Gasteiger partial charge in [0.25, 0.3) is 0 Å². The van der Waals surface area contributed by atoms with Crippen LogP contribution in [0.25, 0.3) is 0 Å². The number of aromatic nitrogens is 3. The van der Waals surface area contributed by atoms with Gasteiger partial charge in [-0.1, -0.05) is 24.6 Å². The van der Waals surface area contributed by atoms with E-state index in [2.05, 4.69) is 20.1 Å². The maximum absolute atomic E-state index is 13.5. The summed E-state index contributed by atoms with van der Waals surface area (Å²) in [4.78, 5) is 6.46. The first-order valence-corrected chi connectivity index (χ1v) is 8.32. The van der Waals surface area contributed by atoms with Crippen LogP contribution in [0.4, 0.5) is 4.39 Å². The summed E-state index contributed by atoms with van der Waals surface area (Å²) in [5, 5.41) is 17.1. The third-order valence-electron chi connectivity index (χ3n) is 4.33. The number of aromatic amines is 1. The van der Waals surface area contributed by atoms with Gasteiger partial charge in [0, 0.05) is 12.1 Å². The molecule has 0 amide bonds. The van der Waals surface area contributed by atoms with Crippen molar-refractivity contribution < 1.29 is 14.2 Å². The van der Waals surface area contributed by atoms with E-state index in [1.807, 2.05) is 0 Å². The van der Waals surface area contributed by atoms with Gasteiger partial charge in [0.2, 0.25) is 0 Å². The molecule has 3 rings (SSSR count). The van der Waals surface area contributed by atoms with E-state index < -0.39 is 6.10 Å². The molecule has 2 atom stereocenters. The van der Waals surface area contributed by atoms with Crippen LogP contribution in [0.2, 0.25) is 0 Å². The second-order valence-electron chi connectivity index (χ2n) is 6.14. The normalized spacial score (nSPS) is 20.2. The van der Waals surface area contributed by atoms with E-state index in [0.29, 0.717) is 12.1 Å². The van der Waals surface area contributed by atoms with E-state index in [4.69, 9.17) is 4.74 Å². The van der Waals surface area contributed by atoms with E-state index in [1.165, 1.54) is 12.4 Å². The predicted octanol–water partition coefficient (Wildman–Crippen LogP) is 2.05. The van der Waals surface area contributed by atoms with Crippen molar-refractivity contribution in [2.75, 3.05) is 19.7 Å². The average Bonchev–Trinajstić information content (AvgIpc) is 3.11. The maximum Gasteiger partial charge on any atom is 0.141 e. The zero-order valence-electron chi connectivity index (χ0n) is 13.6. The number of benzene rings is 1. The maximum atomic E-state index is 13.5. The standard InChI is InChI=1S/C17H23FN4O2/c18-15-6-2-1-5-13(15)10-24-11-14(23)9-22-8-4-3-7-16(22)17-19-12-20-21-17/h1-2,5-6,12,14,16,23H,3-4,7-11H2,(H,19,20,21). The number of aliphatic hydroxyl groups is 1. The minimum absolute atomic E-state index is 0.155. The zero-order valence-corrected chi connectivity index (χ0v) is 13.6. The Hall–Kier alpha value is -1.83. The van der Waals surface area contributed by atoms with Crippen LogP contribution in [-0.2, 0) is 11.3 Å². The molecule has 0 saturated carbocycles. The van der Waals surface area contributed by atoms with Crippen LogP contribution in [0, 0.1) is 5.82 Å². The third kappa shape index (κ3) is 4.37. The quantitative estimate of drug-likeness (QED) is 0.811. The number of hydrogen-bond acceptors (Lipinski definition) is 5. The van der Waals surface area contributed by atoms with Crippen molar-refractivity contribution in [2.45, 2.75) is 38.0 Å². The zero-order chi connectivity index (χ0) is 16.8. The van der Waals surface area contributed by atoms with Crippen LogP contribution in [0.15, 0.2) is 30.6 Å². The topological polar surface area (TPSA) is 74.3 Å². The number of hydrogen-bond donors (Lipinski definition) is 2. The Labute approximate surface area is 140 Å². The fourth-order valence-corrected chi connectivity index (χ4v) is 3.14. The molecule has 1 aromatic heterocycles. The van der Waals surface area contributed by atoms with Crippen molar-refractivity contribution >= 4 is 0 Å². The van der Waals surface area contributed by atoms with Crippen molar-refractivity contribution in [1.82, 2.24) is 20.1 Å². The minimum Gasteiger partial charge on any atom is -0.389 e. The van der Waals surface area contributed by atoms with E-state index in [9.17, 15) is 9.50 Å². The molecule has 1 saturated heterocycles. The van der Waals surface area contributed by atoms with Crippen molar-refractivity contribution in [1.29, 1.82) is 0 Å². The highest BCUT2D eigenvalue weighted by Crippen LogP contribution is 2.28. The first kappa shape index (κ1) is 17.0. The smallest absolute Gasteiger partial charge is 0.141 e. The molecule has 1 aliphatic heterocycles. The summed E-state index contributed by atoms with van der Waals surface area (Å²) >= 11 is 0. The van der Waals surface area contributed by atoms with Gasteiger partial charge in [0.05, 0.1) is 25.4 Å². The number of likely N-dealkylation sites (tertiary alicyclic amines) is 1. The van der Waals surface area contributed by atoms with E-state index in [0.717, 1.165) is 31.6 Å². The van der Waals surface area contributed by atoms with Gasteiger partial charge in [0.15, 0.2) is 0 Å². The van der Waals surface area contributed by atoms with Gasteiger partial charge in [-0.15, -0.1) is 0 Å². The molecule has 1 fully saturated rings. The number of H-pyrrole nitrogens is 1. The molecular formula is C17H23FN4O2. The summed E-state index contributed by atoms with van der Waals surface area (Å²) in [6.45, 7) is 1.75. The molecule has 2 unspecified atom stereocenters. The van der Waals surface area contributed by atoms with Gasteiger partial charge in [-0.25, -0.2) is 9.37 Å². The van der Waals surface area contributed by atoms with Crippen LogP contribution in [0.3, 0.4) is 0 Å². The van der Waals surface area contributed by atoms with Crippen molar-refractivity contribution in [3.63, 3.8) is 0 Å².